The topological polar surface area (TPSA) is 99.3 Å². The molecule has 1 rings (SSSR count). The van der Waals surface area contributed by atoms with Crippen molar-refractivity contribution >= 4 is 17.5 Å². The van der Waals surface area contributed by atoms with Gasteiger partial charge in [-0.15, -0.1) is 5.10 Å². The van der Waals surface area contributed by atoms with Crippen LogP contribution in [-0.4, -0.2) is 33.3 Å². The third-order valence-corrected chi connectivity index (χ3v) is 2.00. The van der Waals surface area contributed by atoms with Gasteiger partial charge in [0, 0.05) is 7.05 Å². The van der Waals surface area contributed by atoms with Gasteiger partial charge in [-0.05, 0) is 13.8 Å². The Bertz CT molecular complexity index is 429. The highest BCUT2D eigenvalue weighted by Crippen LogP contribution is 2.22. The van der Waals surface area contributed by atoms with Crippen LogP contribution < -0.4 is 5.32 Å². The minimum atomic E-state index is -0.691. The van der Waals surface area contributed by atoms with Crippen LogP contribution in [0, 0.1) is 10.1 Å². The molecule has 0 aliphatic rings. The quantitative estimate of drug-likeness (QED) is 0.463. The highest BCUT2D eigenvalue weighted by atomic mass is 16.6. The monoisotopic (exact) mass is 242 g/mol. The number of aryl methyl sites for hydroxylation is 1. The molecule has 17 heavy (non-hydrogen) atoms. The molecule has 8 nitrogen and oxygen atoms in total. The van der Waals surface area contributed by atoms with Crippen LogP contribution in [0.3, 0.4) is 0 Å². The summed E-state index contributed by atoms with van der Waals surface area (Å²) in [5.41, 5.74) is -0.177. The smallest absolute Gasteiger partial charge is 0.330 e. The molecule has 0 saturated carbocycles. The zero-order valence-corrected chi connectivity index (χ0v) is 9.84. The average Bonchev–Trinajstić information content (AvgIpc) is 2.60. The fourth-order valence-corrected chi connectivity index (χ4v) is 1.24. The molecule has 0 saturated heterocycles. The molecule has 1 heterocycles. The van der Waals surface area contributed by atoms with Crippen LogP contribution in [-0.2, 0) is 16.6 Å². The van der Waals surface area contributed by atoms with Crippen molar-refractivity contribution in [1.29, 1.82) is 0 Å². The van der Waals surface area contributed by atoms with Gasteiger partial charge in [0.1, 0.15) is 12.2 Å². The number of anilines is 1. The number of nitro groups is 1. The van der Waals surface area contributed by atoms with E-state index < -0.39 is 16.9 Å². The molecule has 1 unspecified atom stereocenters. The van der Waals surface area contributed by atoms with Gasteiger partial charge >= 0.3 is 11.7 Å². The summed E-state index contributed by atoms with van der Waals surface area (Å²) >= 11 is 0. The number of carbonyl (C=O) groups is 1. The van der Waals surface area contributed by atoms with Crippen molar-refractivity contribution in [2.24, 2.45) is 7.05 Å². The zero-order chi connectivity index (χ0) is 13.0. The first kappa shape index (κ1) is 12.9. The zero-order valence-electron chi connectivity index (χ0n) is 9.84. The molecular formula is C9H14N4O4. The van der Waals surface area contributed by atoms with E-state index >= 15 is 0 Å². The summed E-state index contributed by atoms with van der Waals surface area (Å²) in [6.45, 7) is 3.50. The van der Waals surface area contributed by atoms with Gasteiger partial charge in [-0.1, -0.05) is 0 Å². The lowest BCUT2D eigenvalue weighted by atomic mass is 10.3. The molecule has 0 bridgehead atoms. The molecule has 0 aliphatic heterocycles. The number of carbonyl (C=O) groups excluding carboxylic acids is 1. The SMILES string of the molecule is CCOC(=O)C(C)Nc1nn(C)cc1[N+](=O)[O-]. The highest BCUT2D eigenvalue weighted by Gasteiger charge is 2.23. The summed E-state index contributed by atoms with van der Waals surface area (Å²) in [5, 5.41) is 17.2. The molecule has 0 fully saturated rings. The van der Waals surface area contributed by atoms with E-state index in [0.717, 1.165) is 0 Å². The van der Waals surface area contributed by atoms with E-state index in [1.807, 2.05) is 0 Å². The fourth-order valence-electron chi connectivity index (χ4n) is 1.24. The second kappa shape index (κ2) is 5.28. The van der Waals surface area contributed by atoms with E-state index in [2.05, 4.69) is 10.4 Å². The second-order valence-corrected chi connectivity index (χ2v) is 3.41. The molecule has 0 aromatic carbocycles. The van der Waals surface area contributed by atoms with Gasteiger partial charge in [0.05, 0.1) is 11.5 Å². The Morgan fingerprint density at radius 3 is 2.94 bits per heavy atom. The lowest BCUT2D eigenvalue weighted by Gasteiger charge is -2.11. The number of aromatic nitrogens is 2. The Kier molecular flexibility index (Phi) is 4.02. The minimum absolute atomic E-state index is 0.0538. The van der Waals surface area contributed by atoms with Crippen molar-refractivity contribution < 1.29 is 14.5 Å². The van der Waals surface area contributed by atoms with Crippen molar-refractivity contribution in [2.45, 2.75) is 19.9 Å². The largest absolute Gasteiger partial charge is 0.464 e. The molecule has 1 aromatic rings. The molecule has 1 N–H and O–H groups in total. The molecule has 0 radical (unpaired) electrons. The Labute approximate surface area is 97.7 Å². The van der Waals surface area contributed by atoms with Crippen molar-refractivity contribution in [3.05, 3.63) is 16.3 Å². The second-order valence-electron chi connectivity index (χ2n) is 3.41. The number of hydrogen-bond acceptors (Lipinski definition) is 6. The van der Waals surface area contributed by atoms with E-state index in [0.29, 0.717) is 0 Å². The Hall–Kier alpha value is -2.12. The van der Waals surface area contributed by atoms with Crippen LogP contribution in [0.15, 0.2) is 6.20 Å². The molecule has 0 aliphatic carbocycles. The van der Waals surface area contributed by atoms with Crippen LogP contribution in [0.1, 0.15) is 13.8 Å². The predicted octanol–water partition coefficient (Wildman–Crippen LogP) is 0.692. The lowest BCUT2D eigenvalue weighted by Crippen LogP contribution is -2.28. The van der Waals surface area contributed by atoms with Gasteiger partial charge in [-0.25, -0.2) is 4.79 Å². The van der Waals surface area contributed by atoms with Crippen LogP contribution >= 0.6 is 0 Å². The summed E-state index contributed by atoms with van der Waals surface area (Å²) in [4.78, 5) is 21.5. The van der Waals surface area contributed by atoms with E-state index in [1.54, 1.807) is 20.9 Å². The molecule has 0 amide bonds. The summed E-state index contributed by atoms with van der Waals surface area (Å²) in [7, 11) is 1.56. The van der Waals surface area contributed by atoms with Gasteiger partial charge in [-0.2, -0.15) is 0 Å². The first-order valence-corrected chi connectivity index (χ1v) is 5.07. The van der Waals surface area contributed by atoms with Crippen LogP contribution in [0.25, 0.3) is 0 Å². The van der Waals surface area contributed by atoms with Gasteiger partial charge in [0.2, 0.25) is 5.82 Å². The Balaban J connectivity index is 2.80. The third-order valence-electron chi connectivity index (χ3n) is 2.00. The van der Waals surface area contributed by atoms with Crippen LogP contribution in [0.2, 0.25) is 0 Å². The van der Waals surface area contributed by atoms with Crippen LogP contribution in [0.5, 0.6) is 0 Å². The summed E-state index contributed by atoms with van der Waals surface area (Å²) in [6, 6.07) is -0.691. The predicted molar refractivity (Wildman–Crippen MR) is 59.6 cm³/mol. The average molecular weight is 242 g/mol. The fraction of sp³-hybridized carbons (Fsp3) is 0.556. The van der Waals surface area contributed by atoms with E-state index in [4.69, 9.17) is 4.74 Å². The minimum Gasteiger partial charge on any atom is -0.464 e. The Morgan fingerprint density at radius 1 is 1.76 bits per heavy atom. The number of rotatable bonds is 5. The van der Waals surface area contributed by atoms with Gasteiger partial charge in [0.15, 0.2) is 0 Å². The molecule has 94 valence electrons. The summed E-state index contributed by atoms with van der Waals surface area (Å²) in [6.07, 6.45) is 1.26. The Morgan fingerprint density at radius 2 is 2.41 bits per heavy atom. The van der Waals surface area contributed by atoms with Crippen molar-refractivity contribution in [1.82, 2.24) is 9.78 Å². The van der Waals surface area contributed by atoms with E-state index in [1.165, 1.54) is 10.9 Å². The molecule has 1 atom stereocenters. The normalized spacial score (nSPS) is 11.9. The van der Waals surface area contributed by atoms with Gasteiger partial charge < -0.3 is 10.1 Å². The molecule has 8 heteroatoms. The maximum atomic E-state index is 11.3. The molecule has 1 aromatic heterocycles. The van der Waals surface area contributed by atoms with E-state index in [9.17, 15) is 14.9 Å². The van der Waals surface area contributed by atoms with E-state index in [-0.39, 0.29) is 18.1 Å². The maximum Gasteiger partial charge on any atom is 0.330 e. The van der Waals surface area contributed by atoms with Gasteiger partial charge in [0.25, 0.3) is 0 Å². The third kappa shape index (κ3) is 3.16. The lowest BCUT2D eigenvalue weighted by molar-refractivity contribution is -0.384. The number of esters is 1. The molecule has 0 spiro atoms. The van der Waals surface area contributed by atoms with Gasteiger partial charge in [-0.3, -0.25) is 14.8 Å². The number of hydrogen-bond donors (Lipinski definition) is 1. The summed E-state index contributed by atoms with van der Waals surface area (Å²) < 4.78 is 6.08. The number of nitrogens with one attached hydrogen (secondary N) is 1. The van der Waals surface area contributed by atoms with Crippen molar-refractivity contribution in [2.75, 3.05) is 11.9 Å². The first-order chi connectivity index (χ1) is 7.95. The van der Waals surface area contributed by atoms with Crippen molar-refractivity contribution in [3.8, 4) is 0 Å². The highest BCUT2D eigenvalue weighted by molar-refractivity contribution is 5.79. The molecular weight excluding hydrogens is 228 g/mol. The van der Waals surface area contributed by atoms with Crippen molar-refractivity contribution in [3.63, 3.8) is 0 Å². The van der Waals surface area contributed by atoms with Crippen LogP contribution in [0.4, 0.5) is 11.5 Å². The number of ether oxygens (including phenoxy) is 1. The number of nitrogens with zero attached hydrogens (tertiary/aromatic N) is 3. The maximum absolute atomic E-state index is 11.3. The standard InChI is InChI=1S/C9H14N4O4/c1-4-17-9(14)6(2)10-8-7(13(15)16)5-12(3)11-8/h5-6H,4H2,1-3H3,(H,10,11). The first-order valence-electron chi connectivity index (χ1n) is 5.07. The summed E-state index contributed by atoms with van der Waals surface area (Å²) in [5.74, 6) is -0.425.